The van der Waals surface area contributed by atoms with E-state index in [0.717, 1.165) is 16.5 Å². The van der Waals surface area contributed by atoms with Gasteiger partial charge in [-0.15, -0.1) is 0 Å². The van der Waals surface area contributed by atoms with E-state index in [1.165, 1.54) is 0 Å². The van der Waals surface area contributed by atoms with Crippen LogP contribution in [0.1, 0.15) is 45.2 Å². The van der Waals surface area contributed by atoms with Gasteiger partial charge in [0.15, 0.2) is 0 Å². The van der Waals surface area contributed by atoms with Gasteiger partial charge in [0.25, 0.3) is 0 Å². The average molecular weight is 313 g/mol. The van der Waals surface area contributed by atoms with Gasteiger partial charge in [-0.25, -0.2) is 0 Å². The van der Waals surface area contributed by atoms with Gasteiger partial charge < -0.3 is 11.1 Å². The van der Waals surface area contributed by atoms with Gasteiger partial charge in [0.05, 0.1) is 11.6 Å². The molecular formula is C14H21BrN2O. The number of hydrogen-bond donors (Lipinski definition) is 2. The molecule has 0 aliphatic heterocycles. The summed E-state index contributed by atoms with van der Waals surface area (Å²) < 4.78 is 1.03. The van der Waals surface area contributed by atoms with Crippen molar-refractivity contribution in [3.05, 3.63) is 34.3 Å². The first kappa shape index (κ1) is 15.2. The van der Waals surface area contributed by atoms with Crippen molar-refractivity contribution in [2.24, 2.45) is 5.73 Å². The number of halogens is 1. The fraction of sp³-hybridized carbons (Fsp3) is 0.500. The lowest BCUT2D eigenvalue weighted by Crippen LogP contribution is -2.51. The van der Waals surface area contributed by atoms with Crippen LogP contribution in [0.5, 0.6) is 0 Å². The van der Waals surface area contributed by atoms with Gasteiger partial charge in [-0.2, -0.15) is 0 Å². The summed E-state index contributed by atoms with van der Waals surface area (Å²) in [6.45, 7) is 5.76. The molecule has 0 bridgehead atoms. The van der Waals surface area contributed by atoms with Crippen LogP contribution in [-0.2, 0) is 4.79 Å². The molecule has 0 saturated heterocycles. The second-order valence-electron chi connectivity index (χ2n) is 4.91. The second-order valence-corrected chi connectivity index (χ2v) is 5.83. The molecule has 3 nitrogen and oxygen atoms in total. The average Bonchev–Trinajstić information content (AvgIpc) is 2.29. The lowest BCUT2D eigenvalue weighted by Gasteiger charge is -2.25. The Balaban J connectivity index is 2.67. The van der Waals surface area contributed by atoms with Crippen LogP contribution in [0.3, 0.4) is 0 Å². The molecule has 0 heterocycles. The summed E-state index contributed by atoms with van der Waals surface area (Å²) in [6, 6.07) is 7.87. The Morgan fingerprint density at radius 1 is 1.44 bits per heavy atom. The first-order valence-corrected chi connectivity index (χ1v) is 7.01. The number of nitrogens with two attached hydrogens (primary N) is 1. The quantitative estimate of drug-likeness (QED) is 0.877. The van der Waals surface area contributed by atoms with Gasteiger partial charge in [-0.1, -0.05) is 41.4 Å². The summed E-state index contributed by atoms with van der Waals surface area (Å²) in [6.07, 6.45) is 1.58. The first-order valence-electron chi connectivity index (χ1n) is 6.22. The van der Waals surface area contributed by atoms with Crippen molar-refractivity contribution in [3.63, 3.8) is 0 Å². The van der Waals surface area contributed by atoms with Crippen molar-refractivity contribution in [1.82, 2.24) is 5.32 Å². The van der Waals surface area contributed by atoms with E-state index in [1.54, 1.807) is 6.92 Å². The highest BCUT2D eigenvalue weighted by atomic mass is 79.9. The Morgan fingerprint density at radius 2 is 2.00 bits per heavy atom. The molecule has 4 heteroatoms. The van der Waals surface area contributed by atoms with E-state index in [-0.39, 0.29) is 11.9 Å². The predicted molar refractivity (Wildman–Crippen MR) is 78.2 cm³/mol. The molecule has 1 rings (SSSR count). The minimum atomic E-state index is -0.793. The molecule has 1 amide bonds. The number of nitrogens with one attached hydrogen (secondary N) is 1. The van der Waals surface area contributed by atoms with Crippen molar-refractivity contribution in [1.29, 1.82) is 0 Å². The van der Waals surface area contributed by atoms with Gasteiger partial charge in [-0.05, 0) is 38.0 Å². The van der Waals surface area contributed by atoms with E-state index in [0.29, 0.717) is 6.42 Å². The standard InChI is InChI=1S/C14H21BrN2O/c1-4-9-14(3,16)13(18)17-10(2)11-5-7-12(15)8-6-11/h5-8,10H,4,9,16H2,1-3H3,(H,17,18)/t10-,14?/m0/s1. The molecule has 3 N–H and O–H groups in total. The number of hydrogen-bond acceptors (Lipinski definition) is 2. The summed E-state index contributed by atoms with van der Waals surface area (Å²) in [4.78, 5) is 12.1. The minimum absolute atomic E-state index is 0.0367. The summed E-state index contributed by atoms with van der Waals surface area (Å²) in [5.41, 5.74) is 6.28. The summed E-state index contributed by atoms with van der Waals surface area (Å²) in [7, 11) is 0. The zero-order valence-electron chi connectivity index (χ0n) is 11.2. The number of amides is 1. The Kier molecular flexibility index (Phi) is 5.35. The van der Waals surface area contributed by atoms with E-state index >= 15 is 0 Å². The molecule has 0 spiro atoms. The third-order valence-electron chi connectivity index (χ3n) is 3.01. The monoisotopic (exact) mass is 312 g/mol. The number of carbonyl (C=O) groups excluding carboxylic acids is 1. The van der Waals surface area contributed by atoms with Crippen LogP contribution in [-0.4, -0.2) is 11.4 Å². The van der Waals surface area contributed by atoms with Gasteiger partial charge >= 0.3 is 0 Å². The Hall–Kier alpha value is -0.870. The highest BCUT2D eigenvalue weighted by Gasteiger charge is 2.28. The molecule has 0 saturated carbocycles. The summed E-state index contributed by atoms with van der Waals surface area (Å²) >= 11 is 3.39. The third-order valence-corrected chi connectivity index (χ3v) is 3.53. The molecule has 18 heavy (non-hydrogen) atoms. The number of rotatable bonds is 5. The van der Waals surface area contributed by atoms with E-state index in [2.05, 4.69) is 21.2 Å². The van der Waals surface area contributed by atoms with Crippen LogP contribution in [0.2, 0.25) is 0 Å². The van der Waals surface area contributed by atoms with Crippen molar-refractivity contribution < 1.29 is 4.79 Å². The highest BCUT2D eigenvalue weighted by molar-refractivity contribution is 9.10. The van der Waals surface area contributed by atoms with Crippen LogP contribution in [0.4, 0.5) is 0 Å². The van der Waals surface area contributed by atoms with Crippen molar-refractivity contribution in [3.8, 4) is 0 Å². The fourth-order valence-electron chi connectivity index (χ4n) is 1.83. The van der Waals surface area contributed by atoms with Crippen LogP contribution < -0.4 is 11.1 Å². The molecule has 0 aromatic heterocycles. The van der Waals surface area contributed by atoms with Crippen molar-refractivity contribution >= 4 is 21.8 Å². The molecule has 1 aromatic rings. The van der Waals surface area contributed by atoms with Gasteiger partial charge in [0, 0.05) is 4.47 Å². The molecule has 0 aliphatic carbocycles. The maximum absolute atomic E-state index is 12.1. The smallest absolute Gasteiger partial charge is 0.240 e. The Bertz CT molecular complexity index is 401. The summed E-state index contributed by atoms with van der Waals surface area (Å²) in [5, 5.41) is 2.96. The van der Waals surface area contributed by atoms with Gasteiger partial charge in [0.1, 0.15) is 0 Å². The number of carbonyl (C=O) groups is 1. The Morgan fingerprint density at radius 3 is 2.50 bits per heavy atom. The van der Waals surface area contributed by atoms with Crippen LogP contribution in [0, 0.1) is 0 Å². The van der Waals surface area contributed by atoms with E-state index in [1.807, 2.05) is 38.1 Å². The largest absolute Gasteiger partial charge is 0.348 e. The number of benzene rings is 1. The van der Waals surface area contributed by atoms with Crippen molar-refractivity contribution in [2.45, 2.75) is 45.2 Å². The van der Waals surface area contributed by atoms with E-state index in [9.17, 15) is 4.79 Å². The van der Waals surface area contributed by atoms with E-state index in [4.69, 9.17) is 5.73 Å². The Labute approximate surface area is 117 Å². The topological polar surface area (TPSA) is 55.1 Å². The maximum atomic E-state index is 12.1. The van der Waals surface area contributed by atoms with Crippen LogP contribution in [0.25, 0.3) is 0 Å². The SMILES string of the molecule is CCCC(C)(N)C(=O)N[C@@H](C)c1ccc(Br)cc1. The van der Waals surface area contributed by atoms with Gasteiger partial charge in [-0.3, -0.25) is 4.79 Å². The van der Waals surface area contributed by atoms with Crippen LogP contribution in [0.15, 0.2) is 28.7 Å². The molecule has 0 radical (unpaired) electrons. The molecule has 0 aliphatic rings. The highest BCUT2D eigenvalue weighted by Crippen LogP contribution is 2.18. The van der Waals surface area contributed by atoms with Gasteiger partial charge in [0.2, 0.25) is 5.91 Å². The fourth-order valence-corrected chi connectivity index (χ4v) is 2.09. The zero-order chi connectivity index (χ0) is 13.8. The minimum Gasteiger partial charge on any atom is -0.348 e. The maximum Gasteiger partial charge on any atom is 0.240 e. The normalized spacial score (nSPS) is 15.8. The van der Waals surface area contributed by atoms with E-state index < -0.39 is 5.54 Å². The lowest BCUT2D eigenvalue weighted by molar-refractivity contribution is -0.126. The van der Waals surface area contributed by atoms with Crippen molar-refractivity contribution in [2.75, 3.05) is 0 Å². The third kappa shape index (κ3) is 4.10. The zero-order valence-corrected chi connectivity index (χ0v) is 12.8. The molecule has 0 fully saturated rings. The first-order chi connectivity index (χ1) is 8.36. The van der Waals surface area contributed by atoms with Crippen LogP contribution >= 0.6 is 15.9 Å². The molecular weight excluding hydrogens is 292 g/mol. The molecule has 100 valence electrons. The summed E-state index contributed by atoms with van der Waals surface area (Å²) in [5.74, 6) is -0.0974. The molecule has 2 atom stereocenters. The molecule has 1 aromatic carbocycles. The molecule has 1 unspecified atom stereocenters. The second kappa shape index (κ2) is 6.34. The predicted octanol–water partition coefficient (Wildman–Crippen LogP) is 3.14. The lowest BCUT2D eigenvalue weighted by atomic mass is 9.95.